The predicted molar refractivity (Wildman–Crippen MR) is 91.3 cm³/mol. The van der Waals surface area contributed by atoms with E-state index in [1.807, 2.05) is 24.6 Å². The molecule has 1 amide bonds. The second kappa shape index (κ2) is 7.66. The number of likely N-dealkylation sites (tertiary alicyclic amines) is 1. The van der Waals surface area contributed by atoms with Gasteiger partial charge in [-0.15, -0.1) is 11.3 Å². The number of carbonyl (C=O) groups is 1. The Morgan fingerprint density at radius 2 is 2.26 bits per heavy atom. The molecule has 1 N–H and O–H groups in total. The molecule has 0 aromatic carbocycles. The quantitative estimate of drug-likeness (QED) is 0.883. The van der Waals surface area contributed by atoms with Crippen molar-refractivity contribution >= 4 is 17.2 Å². The first-order chi connectivity index (χ1) is 11.2. The van der Waals surface area contributed by atoms with Crippen LogP contribution in [0.3, 0.4) is 0 Å². The molecule has 2 aromatic rings. The Bertz CT molecular complexity index is 637. The lowest BCUT2D eigenvalue weighted by atomic mass is 10.1. The van der Waals surface area contributed by atoms with Crippen LogP contribution in [0, 0.1) is 6.92 Å². The van der Waals surface area contributed by atoms with Crippen molar-refractivity contribution in [2.75, 3.05) is 19.6 Å². The molecule has 5 nitrogen and oxygen atoms in total. The maximum Gasteiger partial charge on any atom is 0.226 e. The van der Waals surface area contributed by atoms with Crippen molar-refractivity contribution in [2.45, 2.75) is 32.2 Å². The van der Waals surface area contributed by atoms with Crippen LogP contribution in [-0.2, 0) is 11.2 Å². The maximum atomic E-state index is 12.2. The van der Waals surface area contributed by atoms with Gasteiger partial charge in [-0.2, -0.15) is 0 Å². The average molecular weight is 330 g/mol. The van der Waals surface area contributed by atoms with Crippen molar-refractivity contribution in [1.29, 1.82) is 0 Å². The summed E-state index contributed by atoms with van der Waals surface area (Å²) in [4.78, 5) is 23.2. The minimum absolute atomic E-state index is 0.0309. The van der Waals surface area contributed by atoms with Crippen LogP contribution in [0.1, 0.15) is 35.1 Å². The van der Waals surface area contributed by atoms with Gasteiger partial charge in [-0.05, 0) is 44.5 Å². The van der Waals surface area contributed by atoms with E-state index in [9.17, 15) is 4.79 Å². The van der Waals surface area contributed by atoms with E-state index in [1.165, 1.54) is 18.4 Å². The van der Waals surface area contributed by atoms with E-state index in [1.54, 1.807) is 17.5 Å². The van der Waals surface area contributed by atoms with Gasteiger partial charge < -0.3 is 5.32 Å². The second-order valence-electron chi connectivity index (χ2n) is 5.88. The Labute approximate surface area is 140 Å². The number of thiazole rings is 1. The molecular weight excluding hydrogens is 308 g/mol. The Hall–Kier alpha value is -1.79. The van der Waals surface area contributed by atoms with Crippen LogP contribution in [0.4, 0.5) is 0 Å². The van der Waals surface area contributed by atoms with E-state index in [2.05, 4.69) is 26.3 Å². The average Bonchev–Trinajstić information content (AvgIpc) is 3.21. The fraction of sp³-hybridized carbons (Fsp3) is 0.471. The molecule has 0 saturated carbocycles. The monoisotopic (exact) mass is 330 g/mol. The fourth-order valence-corrected chi connectivity index (χ4v) is 3.62. The van der Waals surface area contributed by atoms with Gasteiger partial charge in [-0.3, -0.25) is 14.7 Å². The van der Waals surface area contributed by atoms with E-state index in [4.69, 9.17) is 0 Å². The van der Waals surface area contributed by atoms with Gasteiger partial charge in [-0.1, -0.05) is 6.07 Å². The van der Waals surface area contributed by atoms with Gasteiger partial charge in [0.2, 0.25) is 5.91 Å². The highest BCUT2D eigenvalue weighted by Crippen LogP contribution is 2.23. The highest BCUT2D eigenvalue weighted by Gasteiger charge is 2.24. The van der Waals surface area contributed by atoms with Gasteiger partial charge in [0.25, 0.3) is 0 Å². The number of pyridine rings is 1. The van der Waals surface area contributed by atoms with Gasteiger partial charge in [-0.25, -0.2) is 4.98 Å². The molecular formula is C17H22N4OS. The maximum absolute atomic E-state index is 12.2. The first kappa shape index (κ1) is 16.1. The van der Waals surface area contributed by atoms with Crippen LogP contribution in [0.2, 0.25) is 0 Å². The number of hydrogen-bond acceptors (Lipinski definition) is 5. The topological polar surface area (TPSA) is 58.1 Å². The third kappa shape index (κ3) is 4.36. The molecule has 2 aromatic heterocycles. The molecule has 3 rings (SSSR count). The molecule has 1 unspecified atom stereocenters. The van der Waals surface area contributed by atoms with Crippen LogP contribution >= 0.6 is 11.3 Å². The van der Waals surface area contributed by atoms with Gasteiger partial charge in [0.1, 0.15) is 0 Å². The zero-order valence-electron chi connectivity index (χ0n) is 13.4. The lowest BCUT2D eigenvalue weighted by Crippen LogP contribution is -2.37. The van der Waals surface area contributed by atoms with E-state index >= 15 is 0 Å². The highest BCUT2D eigenvalue weighted by molar-refractivity contribution is 7.09. The molecule has 1 aliphatic rings. The third-order valence-electron chi connectivity index (χ3n) is 4.15. The fourth-order valence-electron chi connectivity index (χ4n) is 3.01. The zero-order valence-corrected chi connectivity index (χ0v) is 14.2. The number of hydrogen-bond donors (Lipinski definition) is 1. The minimum Gasteiger partial charge on any atom is -0.354 e. The van der Waals surface area contributed by atoms with Crippen molar-refractivity contribution in [2.24, 2.45) is 0 Å². The Morgan fingerprint density at radius 3 is 2.91 bits per heavy atom. The lowest BCUT2D eigenvalue weighted by Gasteiger charge is -2.27. The summed E-state index contributed by atoms with van der Waals surface area (Å²) in [6.07, 6.45) is 6.49. The number of carbonyl (C=O) groups excluding carboxylic acids is 1. The predicted octanol–water partition coefficient (Wildman–Crippen LogP) is 2.34. The molecule has 0 aliphatic carbocycles. The van der Waals surface area contributed by atoms with E-state index in [-0.39, 0.29) is 11.9 Å². The van der Waals surface area contributed by atoms with Crippen LogP contribution in [0.25, 0.3) is 0 Å². The number of nitrogens with zero attached hydrogens (tertiary/aromatic N) is 3. The molecule has 122 valence electrons. The SMILES string of the molecule is Cc1nc(CC(=O)NCC(c2cccnc2)N2CCCC2)cs1. The molecule has 1 saturated heterocycles. The smallest absolute Gasteiger partial charge is 0.226 e. The summed E-state index contributed by atoms with van der Waals surface area (Å²) < 4.78 is 0. The summed E-state index contributed by atoms with van der Waals surface area (Å²) in [5, 5.41) is 6.02. The zero-order chi connectivity index (χ0) is 16.1. The van der Waals surface area contributed by atoms with E-state index in [0.29, 0.717) is 13.0 Å². The molecule has 0 bridgehead atoms. The molecule has 0 spiro atoms. The number of aromatic nitrogens is 2. The Morgan fingerprint density at radius 1 is 1.43 bits per heavy atom. The summed E-state index contributed by atoms with van der Waals surface area (Å²) in [6, 6.07) is 4.25. The Balaban J connectivity index is 1.61. The number of nitrogens with one attached hydrogen (secondary N) is 1. The Kier molecular flexibility index (Phi) is 5.35. The van der Waals surface area contributed by atoms with Crippen molar-refractivity contribution in [3.05, 3.63) is 46.2 Å². The first-order valence-corrected chi connectivity index (χ1v) is 8.92. The normalized spacial score (nSPS) is 16.4. The molecule has 0 radical (unpaired) electrons. The number of aryl methyl sites for hydroxylation is 1. The number of rotatable bonds is 6. The summed E-state index contributed by atoms with van der Waals surface area (Å²) in [5.41, 5.74) is 2.02. The van der Waals surface area contributed by atoms with Crippen LogP contribution in [0.15, 0.2) is 29.9 Å². The van der Waals surface area contributed by atoms with Crippen molar-refractivity contribution < 1.29 is 4.79 Å². The van der Waals surface area contributed by atoms with Gasteiger partial charge >= 0.3 is 0 Å². The standard InChI is InChI=1S/C17H22N4OS/c1-13-20-15(12-23-13)9-17(22)19-11-16(21-7-2-3-8-21)14-5-4-6-18-10-14/h4-6,10,12,16H,2-3,7-9,11H2,1H3,(H,19,22). The molecule has 1 fully saturated rings. The van der Waals surface area contributed by atoms with Crippen LogP contribution in [0.5, 0.6) is 0 Å². The molecule has 6 heteroatoms. The minimum atomic E-state index is 0.0309. The van der Waals surface area contributed by atoms with Crippen molar-refractivity contribution in [3.8, 4) is 0 Å². The number of amides is 1. The molecule has 23 heavy (non-hydrogen) atoms. The molecule has 3 heterocycles. The summed E-state index contributed by atoms with van der Waals surface area (Å²) >= 11 is 1.58. The largest absolute Gasteiger partial charge is 0.354 e. The summed E-state index contributed by atoms with van der Waals surface area (Å²) in [5.74, 6) is 0.0309. The van der Waals surface area contributed by atoms with Crippen molar-refractivity contribution in [1.82, 2.24) is 20.2 Å². The molecule has 1 atom stereocenters. The molecule has 1 aliphatic heterocycles. The second-order valence-corrected chi connectivity index (χ2v) is 6.95. The van der Waals surface area contributed by atoms with Gasteiger partial charge in [0.15, 0.2) is 0 Å². The summed E-state index contributed by atoms with van der Waals surface area (Å²) in [7, 11) is 0. The summed E-state index contributed by atoms with van der Waals surface area (Å²) in [6.45, 7) is 4.74. The first-order valence-electron chi connectivity index (χ1n) is 8.04. The van der Waals surface area contributed by atoms with E-state index < -0.39 is 0 Å². The van der Waals surface area contributed by atoms with Crippen molar-refractivity contribution in [3.63, 3.8) is 0 Å². The van der Waals surface area contributed by atoms with E-state index in [0.717, 1.165) is 23.8 Å². The lowest BCUT2D eigenvalue weighted by molar-refractivity contribution is -0.120. The van der Waals surface area contributed by atoms with Gasteiger partial charge in [0.05, 0.1) is 23.2 Å². The van der Waals surface area contributed by atoms with Crippen LogP contribution in [-0.4, -0.2) is 40.4 Å². The van der Waals surface area contributed by atoms with Gasteiger partial charge in [0, 0.05) is 24.3 Å². The highest BCUT2D eigenvalue weighted by atomic mass is 32.1. The van der Waals surface area contributed by atoms with Crippen LogP contribution < -0.4 is 5.32 Å². The third-order valence-corrected chi connectivity index (χ3v) is 4.97.